The van der Waals surface area contributed by atoms with Crippen molar-refractivity contribution in [3.63, 3.8) is 0 Å². The van der Waals surface area contributed by atoms with Crippen molar-refractivity contribution in [1.29, 1.82) is 0 Å². The third-order valence-electron chi connectivity index (χ3n) is 3.16. The van der Waals surface area contributed by atoms with Crippen LogP contribution in [0.3, 0.4) is 0 Å². The Morgan fingerprint density at radius 3 is 2.81 bits per heavy atom. The van der Waals surface area contributed by atoms with E-state index in [0.29, 0.717) is 0 Å². The third kappa shape index (κ3) is 4.02. The Kier molecular flexibility index (Phi) is 5.70. The van der Waals surface area contributed by atoms with Crippen LogP contribution in [-0.2, 0) is 0 Å². The van der Waals surface area contributed by atoms with Gasteiger partial charge in [0.25, 0.3) is 0 Å². The minimum Gasteiger partial charge on any atom is -0.496 e. The molecule has 3 nitrogen and oxygen atoms in total. The molecular weight excluding hydrogens is 335 g/mol. The average Bonchev–Trinajstić information content (AvgIpc) is 2.49. The fourth-order valence-electron chi connectivity index (χ4n) is 2.21. The molecule has 0 bridgehead atoms. The lowest BCUT2D eigenvalue weighted by molar-refractivity contribution is 0.403. The lowest BCUT2D eigenvalue weighted by Crippen LogP contribution is -2.24. The van der Waals surface area contributed by atoms with Gasteiger partial charge in [0.1, 0.15) is 11.6 Å². The van der Waals surface area contributed by atoms with Crippen LogP contribution >= 0.6 is 15.9 Å². The number of hydrogen-bond acceptors (Lipinski definition) is 3. The number of nitrogens with zero attached hydrogens (tertiary/aromatic N) is 1. The quantitative estimate of drug-likeness (QED) is 0.850. The molecule has 0 aliphatic heterocycles. The van der Waals surface area contributed by atoms with Gasteiger partial charge in [-0.15, -0.1) is 0 Å². The van der Waals surface area contributed by atoms with Crippen molar-refractivity contribution in [2.75, 3.05) is 13.7 Å². The summed E-state index contributed by atoms with van der Waals surface area (Å²) >= 11 is 3.43. The van der Waals surface area contributed by atoms with Gasteiger partial charge in [-0.25, -0.2) is 4.39 Å². The summed E-state index contributed by atoms with van der Waals surface area (Å²) in [6, 6.07) is 7.17. The molecule has 2 rings (SSSR count). The Bertz CT molecular complexity index is 607. The van der Waals surface area contributed by atoms with Crippen molar-refractivity contribution in [2.24, 2.45) is 0 Å². The van der Waals surface area contributed by atoms with E-state index in [1.165, 1.54) is 12.3 Å². The molecule has 1 unspecified atom stereocenters. The monoisotopic (exact) mass is 352 g/mol. The van der Waals surface area contributed by atoms with Gasteiger partial charge in [0.15, 0.2) is 0 Å². The van der Waals surface area contributed by atoms with E-state index in [1.54, 1.807) is 13.3 Å². The summed E-state index contributed by atoms with van der Waals surface area (Å²) in [5.41, 5.74) is 1.74. The van der Waals surface area contributed by atoms with Crippen molar-refractivity contribution in [1.82, 2.24) is 10.3 Å². The smallest absolute Gasteiger partial charge is 0.141 e. The van der Waals surface area contributed by atoms with Crippen LogP contribution in [-0.4, -0.2) is 18.6 Å². The lowest BCUT2D eigenvalue weighted by Gasteiger charge is -2.21. The Morgan fingerprint density at radius 1 is 1.33 bits per heavy atom. The second-order valence-electron chi connectivity index (χ2n) is 4.71. The van der Waals surface area contributed by atoms with Gasteiger partial charge in [-0.3, -0.25) is 4.98 Å². The van der Waals surface area contributed by atoms with Crippen LogP contribution in [0.15, 0.2) is 41.1 Å². The van der Waals surface area contributed by atoms with Gasteiger partial charge in [-0.05, 0) is 36.7 Å². The Morgan fingerprint density at radius 2 is 2.14 bits per heavy atom. The molecule has 5 heteroatoms. The first kappa shape index (κ1) is 15.9. The highest BCUT2D eigenvalue weighted by Gasteiger charge is 2.18. The zero-order chi connectivity index (χ0) is 15.2. The average molecular weight is 353 g/mol. The number of halogens is 2. The van der Waals surface area contributed by atoms with E-state index >= 15 is 0 Å². The van der Waals surface area contributed by atoms with Crippen LogP contribution in [0.1, 0.15) is 30.5 Å². The fraction of sp³-hybridized carbons (Fsp3) is 0.312. The number of aromatic nitrogens is 1. The number of rotatable bonds is 6. The Labute approximate surface area is 132 Å². The van der Waals surface area contributed by atoms with E-state index in [1.807, 2.05) is 18.2 Å². The summed E-state index contributed by atoms with van der Waals surface area (Å²) in [6.45, 7) is 2.91. The Balaban J connectivity index is 2.45. The molecule has 0 fully saturated rings. The highest BCUT2D eigenvalue weighted by Crippen LogP contribution is 2.32. The van der Waals surface area contributed by atoms with Crippen molar-refractivity contribution in [3.05, 3.63) is 58.1 Å². The molecular formula is C16H18BrFN2O. The maximum absolute atomic E-state index is 13.5. The number of nitrogens with one attached hydrogen (secondary N) is 1. The molecule has 2 aromatic rings. The standard InChI is InChI=1S/C16H18BrFN2O/c1-3-6-20-16(11-7-13(18)10-19-9-11)14-5-4-12(17)8-15(14)21-2/h4-5,7-10,16,20H,3,6H2,1-2H3. The largest absolute Gasteiger partial charge is 0.496 e. The first-order valence-electron chi connectivity index (χ1n) is 6.83. The van der Waals surface area contributed by atoms with E-state index < -0.39 is 0 Å². The maximum atomic E-state index is 13.5. The lowest BCUT2D eigenvalue weighted by atomic mass is 9.99. The summed E-state index contributed by atoms with van der Waals surface area (Å²) in [4.78, 5) is 3.95. The summed E-state index contributed by atoms with van der Waals surface area (Å²) in [5.74, 6) is 0.411. The maximum Gasteiger partial charge on any atom is 0.141 e. The number of hydrogen-bond donors (Lipinski definition) is 1. The van der Waals surface area contributed by atoms with Crippen LogP contribution in [0, 0.1) is 5.82 Å². The van der Waals surface area contributed by atoms with Crippen LogP contribution in [0.25, 0.3) is 0 Å². The van der Waals surface area contributed by atoms with Gasteiger partial charge in [-0.2, -0.15) is 0 Å². The molecule has 1 aromatic heterocycles. The van der Waals surface area contributed by atoms with Gasteiger partial charge in [0.05, 0.1) is 19.3 Å². The second-order valence-corrected chi connectivity index (χ2v) is 5.63. The molecule has 112 valence electrons. The van der Waals surface area contributed by atoms with E-state index in [4.69, 9.17) is 4.74 Å². The number of ether oxygens (including phenoxy) is 1. The van der Waals surface area contributed by atoms with Crippen LogP contribution in [0.5, 0.6) is 5.75 Å². The summed E-state index contributed by atoms with van der Waals surface area (Å²) in [5, 5.41) is 3.42. The normalized spacial score (nSPS) is 12.2. The van der Waals surface area contributed by atoms with Crippen LogP contribution in [0.4, 0.5) is 4.39 Å². The van der Waals surface area contributed by atoms with Gasteiger partial charge >= 0.3 is 0 Å². The summed E-state index contributed by atoms with van der Waals surface area (Å²) in [6.07, 6.45) is 3.87. The molecule has 0 aliphatic carbocycles. The summed E-state index contributed by atoms with van der Waals surface area (Å²) in [7, 11) is 1.63. The molecule has 1 heterocycles. The predicted molar refractivity (Wildman–Crippen MR) is 85.0 cm³/mol. The molecule has 0 radical (unpaired) electrons. The predicted octanol–water partition coefficient (Wildman–Crippen LogP) is 4.08. The first-order valence-corrected chi connectivity index (χ1v) is 7.62. The van der Waals surface area contributed by atoms with Crippen molar-refractivity contribution < 1.29 is 9.13 Å². The highest BCUT2D eigenvalue weighted by atomic mass is 79.9. The molecule has 0 aliphatic rings. The third-order valence-corrected chi connectivity index (χ3v) is 3.66. The molecule has 1 aromatic carbocycles. The molecule has 1 atom stereocenters. The Hall–Kier alpha value is -1.46. The summed E-state index contributed by atoms with van der Waals surface area (Å²) < 4.78 is 19.9. The number of methoxy groups -OCH3 is 1. The molecule has 0 saturated carbocycles. The number of benzene rings is 1. The minimum atomic E-state index is -0.341. The van der Waals surface area contributed by atoms with Crippen molar-refractivity contribution in [2.45, 2.75) is 19.4 Å². The molecule has 21 heavy (non-hydrogen) atoms. The highest BCUT2D eigenvalue weighted by molar-refractivity contribution is 9.10. The molecule has 0 saturated heterocycles. The van der Waals surface area contributed by atoms with E-state index in [9.17, 15) is 4.39 Å². The first-order chi connectivity index (χ1) is 10.2. The zero-order valence-electron chi connectivity index (χ0n) is 12.1. The van der Waals surface area contributed by atoms with Gasteiger partial charge in [0, 0.05) is 16.2 Å². The number of pyridine rings is 1. The minimum absolute atomic E-state index is 0.156. The second kappa shape index (κ2) is 7.52. The van der Waals surface area contributed by atoms with Gasteiger partial charge < -0.3 is 10.1 Å². The van der Waals surface area contributed by atoms with Crippen molar-refractivity contribution >= 4 is 15.9 Å². The molecule has 1 N–H and O–H groups in total. The van der Waals surface area contributed by atoms with E-state index in [-0.39, 0.29) is 11.9 Å². The molecule has 0 spiro atoms. The van der Waals surface area contributed by atoms with Crippen molar-refractivity contribution in [3.8, 4) is 5.75 Å². The van der Waals surface area contributed by atoms with E-state index in [0.717, 1.165) is 34.3 Å². The van der Waals surface area contributed by atoms with Crippen LogP contribution in [0.2, 0.25) is 0 Å². The fourth-order valence-corrected chi connectivity index (χ4v) is 2.55. The van der Waals surface area contributed by atoms with Gasteiger partial charge in [-0.1, -0.05) is 28.9 Å². The zero-order valence-corrected chi connectivity index (χ0v) is 13.7. The molecule has 0 amide bonds. The van der Waals surface area contributed by atoms with Crippen LogP contribution < -0.4 is 10.1 Å². The topological polar surface area (TPSA) is 34.2 Å². The SMILES string of the molecule is CCCNC(c1cncc(F)c1)c1ccc(Br)cc1OC. The van der Waals surface area contributed by atoms with Gasteiger partial charge in [0.2, 0.25) is 0 Å². The van der Waals surface area contributed by atoms with E-state index in [2.05, 4.69) is 33.2 Å².